The van der Waals surface area contributed by atoms with E-state index in [9.17, 15) is 4.79 Å². The molecule has 6 heterocycles. The largest absolute Gasteiger partial charge is 0.382 e. The lowest BCUT2D eigenvalue weighted by molar-refractivity contribution is -0.381. The lowest BCUT2D eigenvalue weighted by atomic mass is 9.94. The van der Waals surface area contributed by atoms with Gasteiger partial charge in [-0.25, -0.2) is 0 Å². The zero-order chi connectivity index (χ0) is 64.9. The summed E-state index contributed by atoms with van der Waals surface area (Å²) in [5.74, 6) is 1.45. The Labute approximate surface area is 517 Å². The van der Waals surface area contributed by atoms with Crippen molar-refractivity contribution >= 4 is 5.91 Å². The standard InChI is InChI=1S/C30H51NO15.C27H51NO14/c1-12-18(32)31-19-15(2)42-29(25(38-8)22(19)35-5)45-21-17(14-34-4)44-30(27(40-10)24(21)37-7)46-20-16(13-33-3)43-28(41-11)26(39-9)23(20)36-6;1-13-16(28)19(31-4)22(34-7)26(38-13)41-18-15(12-30-3)40-27(24(36-9)21(18)33-6)42-17-14(11-29-2)39-25(37-10)23(35-8)20(17)32-5/h1,15-17,19-30H,13-14H2,2-11H3,(H,31,32);13-27H,11-12,28H2,1-10H3. The number of carbonyl (C=O) groups is 1. The minimum Gasteiger partial charge on any atom is -0.382 e. The molecule has 0 aromatic rings. The summed E-state index contributed by atoms with van der Waals surface area (Å²) in [4.78, 5) is 12.0. The zero-order valence-electron chi connectivity index (χ0n) is 54.6. The van der Waals surface area contributed by atoms with Gasteiger partial charge in [-0.15, -0.1) is 6.42 Å². The Balaban J connectivity index is 0.000000322. The molecular weight excluding hydrogens is 1180 g/mol. The monoisotopic (exact) mass is 1280 g/mol. The second kappa shape index (κ2) is 38.3. The first-order valence-corrected chi connectivity index (χ1v) is 28.9. The molecule has 6 saturated heterocycles. The van der Waals surface area contributed by atoms with Crippen LogP contribution < -0.4 is 11.1 Å². The molecule has 1 amide bonds. The van der Waals surface area contributed by atoms with Crippen molar-refractivity contribution in [3.05, 3.63) is 0 Å². The quantitative estimate of drug-likeness (QED) is 0.0739. The highest BCUT2D eigenvalue weighted by Gasteiger charge is 2.58. The van der Waals surface area contributed by atoms with Crippen LogP contribution in [0, 0.1) is 12.3 Å². The van der Waals surface area contributed by atoms with E-state index in [0.717, 1.165) is 0 Å². The van der Waals surface area contributed by atoms with Gasteiger partial charge in [0.2, 0.25) is 0 Å². The van der Waals surface area contributed by atoms with Crippen molar-refractivity contribution in [2.45, 2.75) is 198 Å². The Morgan fingerprint density at radius 2 is 0.591 bits per heavy atom. The van der Waals surface area contributed by atoms with Crippen LogP contribution in [0.25, 0.3) is 0 Å². The van der Waals surface area contributed by atoms with Crippen LogP contribution in [0.4, 0.5) is 0 Å². The first-order chi connectivity index (χ1) is 42.5. The third-order valence-electron chi connectivity index (χ3n) is 16.7. The maximum absolute atomic E-state index is 12.0. The fourth-order valence-electron chi connectivity index (χ4n) is 12.3. The highest BCUT2D eigenvalue weighted by Crippen LogP contribution is 2.39. The van der Waals surface area contributed by atoms with Crippen LogP contribution in [0.2, 0.25) is 0 Å². The summed E-state index contributed by atoms with van der Waals surface area (Å²) in [7, 11) is 27.7. The average molecular weight is 1280 g/mol. The summed E-state index contributed by atoms with van der Waals surface area (Å²) < 4.78 is 167. The lowest BCUT2D eigenvalue weighted by Gasteiger charge is -2.51. The van der Waals surface area contributed by atoms with E-state index in [1.807, 2.05) is 6.92 Å². The normalized spacial score (nSPS) is 43.1. The molecule has 30 unspecified atom stereocenters. The molecule has 31 nitrogen and oxygen atoms in total. The van der Waals surface area contributed by atoms with Crippen molar-refractivity contribution in [3.63, 3.8) is 0 Å². The first-order valence-electron chi connectivity index (χ1n) is 28.9. The summed E-state index contributed by atoms with van der Waals surface area (Å²) in [5, 5.41) is 2.74. The molecule has 88 heavy (non-hydrogen) atoms. The van der Waals surface area contributed by atoms with Gasteiger partial charge in [-0.2, -0.15) is 0 Å². The number of nitrogens with two attached hydrogens (primary N) is 1. The van der Waals surface area contributed by atoms with Gasteiger partial charge in [-0.05, 0) is 19.8 Å². The Morgan fingerprint density at radius 3 is 0.864 bits per heavy atom. The molecule has 0 aromatic carbocycles. The smallest absolute Gasteiger partial charge is 0.296 e. The topological polar surface area (TPSA) is 314 Å². The maximum Gasteiger partial charge on any atom is 0.296 e. The molecule has 6 aliphatic rings. The molecule has 0 radical (unpaired) electrons. The summed E-state index contributed by atoms with van der Waals surface area (Å²) >= 11 is 0. The second-order valence-corrected chi connectivity index (χ2v) is 21.4. The number of hydrogen-bond acceptors (Lipinski definition) is 30. The molecular formula is C57H102N2O29. The van der Waals surface area contributed by atoms with E-state index in [-0.39, 0.29) is 32.5 Å². The molecule has 0 aliphatic carbocycles. The van der Waals surface area contributed by atoms with Gasteiger partial charge in [0.05, 0.1) is 50.7 Å². The molecule has 6 fully saturated rings. The lowest BCUT2D eigenvalue weighted by Crippen LogP contribution is -2.68. The Hall–Kier alpha value is -2.13. The molecule has 6 rings (SSSR count). The molecule has 31 heteroatoms. The number of ether oxygens (including phenoxy) is 28. The number of carbonyl (C=O) groups excluding carboxylic acids is 1. The molecule has 6 aliphatic heterocycles. The third kappa shape index (κ3) is 17.8. The van der Waals surface area contributed by atoms with Crippen molar-refractivity contribution in [1.29, 1.82) is 0 Å². The Kier molecular flexibility index (Phi) is 33.3. The fourth-order valence-corrected chi connectivity index (χ4v) is 12.3. The predicted octanol–water partition coefficient (Wildman–Crippen LogP) is -1.59. The molecule has 0 aromatic heterocycles. The summed E-state index contributed by atoms with van der Waals surface area (Å²) in [6.45, 7) is 4.24. The minimum atomic E-state index is -1.00. The van der Waals surface area contributed by atoms with Crippen LogP contribution in [0.15, 0.2) is 0 Å². The van der Waals surface area contributed by atoms with Crippen molar-refractivity contribution < 1.29 is 137 Å². The average Bonchev–Trinajstić information content (AvgIpc) is 1.10. The maximum atomic E-state index is 12.0. The van der Waals surface area contributed by atoms with Gasteiger partial charge >= 0.3 is 0 Å². The summed E-state index contributed by atoms with van der Waals surface area (Å²) in [5.41, 5.74) is 6.33. The van der Waals surface area contributed by atoms with Gasteiger partial charge in [-0.1, -0.05) is 0 Å². The van der Waals surface area contributed by atoms with E-state index >= 15 is 0 Å². The predicted molar refractivity (Wildman–Crippen MR) is 303 cm³/mol. The number of methoxy groups -OCH3 is 18. The Morgan fingerprint density at radius 1 is 0.341 bits per heavy atom. The minimum absolute atomic E-state index is 0.0954. The second-order valence-electron chi connectivity index (χ2n) is 21.4. The highest BCUT2D eigenvalue weighted by atomic mass is 16.8. The molecule has 0 spiro atoms. The van der Waals surface area contributed by atoms with E-state index < -0.39 is 184 Å². The van der Waals surface area contributed by atoms with Crippen LogP contribution in [-0.2, 0) is 137 Å². The number of nitrogens with one attached hydrogen (secondary N) is 1. The van der Waals surface area contributed by atoms with E-state index in [1.54, 1.807) is 70.9 Å². The van der Waals surface area contributed by atoms with Crippen LogP contribution >= 0.6 is 0 Å². The van der Waals surface area contributed by atoms with Crippen LogP contribution in [-0.4, -0.2) is 344 Å². The fraction of sp³-hybridized carbons (Fsp3) is 0.947. The molecule has 3 N–H and O–H groups in total. The van der Waals surface area contributed by atoms with Crippen LogP contribution in [0.1, 0.15) is 13.8 Å². The number of terminal acetylenes is 1. The SMILES string of the molecule is C#CC(=O)NC1C(C)OC(OC2C(COC)OC(OC3C(COC)OC(OC)C(OC)C3OC)C(OC)C2OC)C(OC)C1OC.COCC1OC(OC2C(COC)OC(OC)C(OC)C2OC)C(OC)C(OC)C1OC1OC(C)C(N)C(OC)C1OC. The van der Waals surface area contributed by atoms with Gasteiger partial charge in [0.15, 0.2) is 37.7 Å². The number of amides is 1. The molecule has 0 saturated carbocycles. The van der Waals surface area contributed by atoms with Crippen molar-refractivity contribution in [3.8, 4) is 12.3 Å². The highest BCUT2D eigenvalue weighted by molar-refractivity contribution is 5.93. The van der Waals surface area contributed by atoms with E-state index in [2.05, 4.69) is 11.2 Å². The van der Waals surface area contributed by atoms with Gasteiger partial charge in [0.25, 0.3) is 5.91 Å². The molecule has 30 atom stereocenters. The van der Waals surface area contributed by atoms with Crippen molar-refractivity contribution in [2.24, 2.45) is 5.73 Å². The zero-order valence-corrected chi connectivity index (χ0v) is 54.6. The summed E-state index contributed by atoms with van der Waals surface area (Å²) in [6.07, 6.45) is -14.4. The number of hydrogen-bond donors (Lipinski definition) is 2. The van der Waals surface area contributed by atoms with Gasteiger partial charge in [0, 0.05) is 128 Å². The van der Waals surface area contributed by atoms with Gasteiger partial charge < -0.3 is 144 Å². The van der Waals surface area contributed by atoms with Crippen molar-refractivity contribution in [2.75, 3.05) is 154 Å². The van der Waals surface area contributed by atoms with E-state index in [1.165, 1.54) is 64.0 Å². The van der Waals surface area contributed by atoms with Gasteiger partial charge in [-0.3, -0.25) is 4.79 Å². The molecule has 0 bridgehead atoms. The molecule has 514 valence electrons. The van der Waals surface area contributed by atoms with Crippen LogP contribution in [0.3, 0.4) is 0 Å². The first kappa shape index (κ1) is 76.6. The van der Waals surface area contributed by atoms with E-state index in [4.69, 9.17) is 145 Å². The third-order valence-corrected chi connectivity index (χ3v) is 16.7. The van der Waals surface area contributed by atoms with Gasteiger partial charge in [0.1, 0.15) is 122 Å². The van der Waals surface area contributed by atoms with Crippen LogP contribution in [0.5, 0.6) is 0 Å². The number of rotatable bonds is 31. The Bertz CT molecular complexity index is 1990. The van der Waals surface area contributed by atoms with Crippen molar-refractivity contribution in [1.82, 2.24) is 5.32 Å². The summed E-state index contributed by atoms with van der Waals surface area (Å²) in [6, 6.07) is -1.03. The van der Waals surface area contributed by atoms with E-state index in [0.29, 0.717) is 0 Å².